The Bertz CT molecular complexity index is 523. The number of hydrogen-bond donors (Lipinski definition) is 1. The predicted octanol–water partition coefficient (Wildman–Crippen LogP) is 2.34. The molecule has 2 rings (SSSR count). The first-order valence-corrected chi connectivity index (χ1v) is 8.44. The first-order chi connectivity index (χ1) is 11.1. The molecule has 1 heterocycles. The van der Waals surface area contributed by atoms with Gasteiger partial charge in [-0.3, -0.25) is 4.99 Å². The molecule has 1 aliphatic heterocycles. The van der Waals surface area contributed by atoms with E-state index in [1.165, 1.54) is 11.1 Å². The molecular formula is C18H31IN4O. The van der Waals surface area contributed by atoms with Gasteiger partial charge in [-0.05, 0) is 32.0 Å². The molecule has 6 heteroatoms. The van der Waals surface area contributed by atoms with E-state index in [9.17, 15) is 0 Å². The van der Waals surface area contributed by atoms with Crippen molar-refractivity contribution < 1.29 is 4.74 Å². The maximum atomic E-state index is 5.80. The van der Waals surface area contributed by atoms with Crippen LogP contribution in [-0.4, -0.2) is 68.7 Å². The van der Waals surface area contributed by atoms with Gasteiger partial charge in [-0.2, -0.15) is 0 Å². The van der Waals surface area contributed by atoms with Gasteiger partial charge in [0.05, 0.1) is 19.3 Å². The molecule has 1 unspecified atom stereocenters. The van der Waals surface area contributed by atoms with E-state index in [4.69, 9.17) is 9.73 Å². The molecule has 24 heavy (non-hydrogen) atoms. The number of likely N-dealkylation sites (N-methyl/N-ethyl adjacent to an activating group) is 1. The lowest BCUT2D eigenvalue weighted by Gasteiger charge is -2.30. The van der Waals surface area contributed by atoms with E-state index in [-0.39, 0.29) is 30.1 Å². The minimum atomic E-state index is 0. The first kappa shape index (κ1) is 21.2. The molecule has 0 saturated carbocycles. The maximum absolute atomic E-state index is 5.80. The Morgan fingerprint density at radius 2 is 2.17 bits per heavy atom. The second-order valence-corrected chi connectivity index (χ2v) is 6.23. The van der Waals surface area contributed by atoms with Crippen molar-refractivity contribution >= 4 is 29.9 Å². The molecule has 0 radical (unpaired) electrons. The number of aliphatic imine (C=N–C) groups is 1. The third-order valence-corrected chi connectivity index (χ3v) is 4.15. The van der Waals surface area contributed by atoms with Gasteiger partial charge in [0, 0.05) is 33.2 Å². The molecule has 1 fully saturated rings. The van der Waals surface area contributed by atoms with Crippen LogP contribution in [-0.2, 0) is 11.3 Å². The summed E-state index contributed by atoms with van der Waals surface area (Å²) in [7, 11) is 4.22. The van der Waals surface area contributed by atoms with Gasteiger partial charge in [0.25, 0.3) is 0 Å². The van der Waals surface area contributed by atoms with E-state index in [1.807, 2.05) is 0 Å². The van der Waals surface area contributed by atoms with Crippen LogP contribution >= 0.6 is 24.0 Å². The number of rotatable bonds is 5. The van der Waals surface area contributed by atoms with Crippen LogP contribution in [0.25, 0.3) is 0 Å². The van der Waals surface area contributed by atoms with E-state index in [0.717, 1.165) is 38.7 Å². The largest absolute Gasteiger partial charge is 0.374 e. The normalized spacial score (nSPS) is 18.8. The quantitative estimate of drug-likeness (QED) is 0.428. The van der Waals surface area contributed by atoms with Crippen molar-refractivity contribution in [3.8, 4) is 0 Å². The molecule has 0 bridgehead atoms. The minimum Gasteiger partial charge on any atom is -0.374 e. The summed E-state index contributed by atoms with van der Waals surface area (Å²) in [5, 5.41) is 3.38. The Balaban J connectivity index is 0.00000288. The lowest BCUT2D eigenvalue weighted by atomic mass is 10.1. The number of guanidine groups is 1. The number of nitrogens with one attached hydrogen (secondary N) is 1. The van der Waals surface area contributed by atoms with Crippen LogP contribution in [0.15, 0.2) is 29.3 Å². The van der Waals surface area contributed by atoms with E-state index < -0.39 is 0 Å². The van der Waals surface area contributed by atoms with Crippen molar-refractivity contribution in [3.05, 3.63) is 35.4 Å². The second kappa shape index (κ2) is 10.9. The smallest absolute Gasteiger partial charge is 0.194 e. The number of aryl methyl sites for hydroxylation is 1. The number of ether oxygens (including phenoxy) is 1. The van der Waals surface area contributed by atoms with Crippen LogP contribution in [0.1, 0.15) is 18.1 Å². The summed E-state index contributed by atoms with van der Waals surface area (Å²) in [6.45, 7) is 9.42. The Morgan fingerprint density at radius 1 is 1.42 bits per heavy atom. The number of benzene rings is 1. The Labute approximate surface area is 163 Å². The number of nitrogens with zero attached hydrogens (tertiary/aromatic N) is 3. The monoisotopic (exact) mass is 446 g/mol. The molecule has 1 aliphatic rings. The number of hydrogen-bond acceptors (Lipinski definition) is 3. The maximum Gasteiger partial charge on any atom is 0.194 e. The van der Waals surface area contributed by atoms with Gasteiger partial charge in [-0.25, -0.2) is 0 Å². The van der Waals surface area contributed by atoms with Gasteiger partial charge in [-0.1, -0.05) is 24.3 Å². The highest BCUT2D eigenvalue weighted by Gasteiger charge is 2.18. The standard InChI is InChI=1S/C18H30N4O.HI/c1-5-19-18(20-12-17-14-21(3)10-11-23-17)22(4)13-16-9-7-6-8-15(16)2;/h6-9,17H,5,10-14H2,1-4H3,(H,19,20);1H. The average Bonchev–Trinajstić information content (AvgIpc) is 2.53. The van der Waals surface area contributed by atoms with Gasteiger partial charge in [-0.15, -0.1) is 24.0 Å². The van der Waals surface area contributed by atoms with Crippen molar-refractivity contribution in [3.63, 3.8) is 0 Å². The van der Waals surface area contributed by atoms with Crippen LogP contribution in [0, 0.1) is 6.92 Å². The van der Waals surface area contributed by atoms with Crippen LogP contribution in [0.4, 0.5) is 0 Å². The van der Waals surface area contributed by atoms with Gasteiger partial charge in [0.2, 0.25) is 0 Å². The summed E-state index contributed by atoms with van der Waals surface area (Å²) >= 11 is 0. The van der Waals surface area contributed by atoms with Crippen LogP contribution in [0.3, 0.4) is 0 Å². The topological polar surface area (TPSA) is 40.1 Å². The van der Waals surface area contributed by atoms with Gasteiger partial charge >= 0.3 is 0 Å². The zero-order chi connectivity index (χ0) is 16.7. The predicted molar refractivity (Wildman–Crippen MR) is 111 cm³/mol. The fourth-order valence-electron chi connectivity index (χ4n) is 2.75. The highest BCUT2D eigenvalue weighted by Crippen LogP contribution is 2.10. The molecule has 0 spiro atoms. The SMILES string of the molecule is CCNC(=NCC1CN(C)CCO1)N(C)Cc1ccccc1C.I. The third-order valence-electron chi connectivity index (χ3n) is 4.15. The molecule has 0 aromatic heterocycles. The zero-order valence-corrected chi connectivity index (χ0v) is 17.6. The number of morpholine rings is 1. The fraction of sp³-hybridized carbons (Fsp3) is 0.611. The minimum absolute atomic E-state index is 0. The Morgan fingerprint density at radius 3 is 2.83 bits per heavy atom. The van der Waals surface area contributed by atoms with Crippen molar-refractivity contribution in [2.45, 2.75) is 26.5 Å². The van der Waals surface area contributed by atoms with E-state index in [2.05, 4.69) is 67.3 Å². The third kappa shape index (κ3) is 6.57. The summed E-state index contributed by atoms with van der Waals surface area (Å²) in [4.78, 5) is 9.26. The highest BCUT2D eigenvalue weighted by molar-refractivity contribution is 14.0. The Hall–Kier alpha value is -0.860. The van der Waals surface area contributed by atoms with Crippen LogP contribution in [0.2, 0.25) is 0 Å². The fourth-order valence-corrected chi connectivity index (χ4v) is 2.75. The zero-order valence-electron chi connectivity index (χ0n) is 15.3. The van der Waals surface area contributed by atoms with Gasteiger partial charge in [0.1, 0.15) is 0 Å². The van der Waals surface area contributed by atoms with Crippen LogP contribution < -0.4 is 5.32 Å². The molecule has 1 aromatic carbocycles. The highest BCUT2D eigenvalue weighted by atomic mass is 127. The summed E-state index contributed by atoms with van der Waals surface area (Å²) in [5.41, 5.74) is 2.64. The number of halogens is 1. The van der Waals surface area contributed by atoms with E-state index in [0.29, 0.717) is 6.54 Å². The van der Waals surface area contributed by atoms with Crippen LogP contribution in [0.5, 0.6) is 0 Å². The van der Waals surface area contributed by atoms with E-state index >= 15 is 0 Å². The molecule has 5 nitrogen and oxygen atoms in total. The molecule has 136 valence electrons. The molecule has 0 amide bonds. The summed E-state index contributed by atoms with van der Waals surface area (Å²) in [5.74, 6) is 0.938. The average molecular weight is 446 g/mol. The Kier molecular flexibility index (Phi) is 9.61. The second-order valence-electron chi connectivity index (χ2n) is 6.23. The lowest BCUT2D eigenvalue weighted by molar-refractivity contribution is -0.0137. The van der Waals surface area contributed by atoms with Crippen molar-refractivity contribution in [2.24, 2.45) is 4.99 Å². The van der Waals surface area contributed by atoms with Gasteiger partial charge in [0.15, 0.2) is 5.96 Å². The molecular weight excluding hydrogens is 415 g/mol. The summed E-state index contributed by atoms with van der Waals surface area (Å²) in [6.07, 6.45) is 0.189. The summed E-state index contributed by atoms with van der Waals surface area (Å²) < 4.78 is 5.80. The van der Waals surface area contributed by atoms with Crippen molar-refractivity contribution in [2.75, 3.05) is 46.9 Å². The molecule has 1 N–H and O–H groups in total. The molecule has 1 saturated heterocycles. The van der Waals surface area contributed by atoms with Crippen molar-refractivity contribution in [1.82, 2.24) is 15.1 Å². The lowest BCUT2D eigenvalue weighted by Crippen LogP contribution is -2.43. The summed E-state index contributed by atoms with van der Waals surface area (Å²) in [6, 6.07) is 8.49. The molecule has 1 aromatic rings. The molecule has 0 aliphatic carbocycles. The molecule has 1 atom stereocenters. The first-order valence-electron chi connectivity index (χ1n) is 8.44. The van der Waals surface area contributed by atoms with Gasteiger partial charge < -0.3 is 19.9 Å². The van der Waals surface area contributed by atoms with E-state index in [1.54, 1.807) is 0 Å². The van der Waals surface area contributed by atoms with Crippen molar-refractivity contribution in [1.29, 1.82) is 0 Å².